The van der Waals surface area contributed by atoms with Gasteiger partial charge in [-0.1, -0.05) is 11.2 Å². The molecule has 0 saturated carbocycles. The van der Waals surface area contributed by atoms with Crippen molar-refractivity contribution in [3.63, 3.8) is 0 Å². The van der Waals surface area contributed by atoms with E-state index in [1.165, 1.54) is 6.07 Å². The maximum Gasteiger partial charge on any atom is 0.229 e. The predicted molar refractivity (Wildman–Crippen MR) is 58.5 cm³/mol. The number of hydrogen-bond acceptors (Lipinski definition) is 3. The summed E-state index contributed by atoms with van der Waals surface area (Å²) in [6.07, 6.45) is 1.06. The molecule has 1 aromatic rings. The molecule has 1 aromatic carbocycles. The number of sulfonamides is 1. The van der Waals surface area contributed by atoms with Gasteiger partial charge in [0.25, 0.3) is 0 Å². The van der Waals surface area contributed by atoms with Crippen LogP contribution in [0.4, 0.5) is 11.4 Å². The molecular weight excluding hydrogens is 216 g/mol. The molecule has 0 aliphatic carbocycles. The van der Waals surface area contributed by atoms with E-state index in [0.29, 0.717) is 11.4 Å². The van der Waals surface area contributed by atoms with Crippen LogP contribution in [0.2, 0.25) is 0 Å². The molecule has 1 rings (SSSR count). The highest BCUT2D eigenvalue weighted by Crippen LogP contribution is 2.23. The molecule has 0 aromatic heterocycles. The van der Waals surface area contributed by atoms with Gasteiger partial charge < -0.3 is 0 Å². The average Bonchev–Trinajstić information content (AvgIpc) is 2.09. The Hall–Kier alpha value is -1.72. The first kappa shape index (κ1) is 11.4. The second-order valence-corrected chi connectivity index (χ2v) is 4.81. The first-order valence-corrected chi connectivity index (χ1v) is 5.95. The minimum atomic E-state index is -3.31. The fraction of sp³-hybridized carbons (Fsp3) is 0.250. The van der Waals surface area contributed by atoms with Crippen molar-refractivity contribution in [3.8, 4) is 0 Å². The number of aryl methyl sites for hydroxylation is 1. The smallest absolute Gasteiger partial charge is 0.229 e. The minimum absolute atomic E-state index is 0.380. The molecule has 1 N–H and O–H groups in total. The largest absolute Gasteiger partial charge is 0.284 e. The van der Waals surface area contributed by atoms with Gasteiger partial charge in [0.15, 0.2) is 0 Å². The highest BCUT2D eigenvalue weighted by molar-refractivity contribution is 7.92. The van der Waals surface area contributed by atoms with Crippen molar-refractivity contribution < 1.29 is 8.42 Å². The summed E-state index contributed by atoms with van der Waals surface area (Å²) >= 11 is 0. The Labute approximate surface area is 87.6 Å². The van der Waals surface area contributed by atoms with Gasteiger partial charge in [0, 0.05) is 16.3 Å². The number of azide groups is 1. The lowest BCUT2D eigenvalue weighted by Crippen LogP contribution is -2.09. The second kappa shape index (κ2) is 4.20. The van der Waals surface area contributed by atoms with Crippen LogP contribution in [-0.4, -0.2) is 14.7 Å². The molecular formula is C8H10N4O2S. The molecule has 0 fully saturated rings. The van der Waals surface area contributed by atoms with Crippen LogP contribution in [0.5, 0.6) is 0 Å². The van der Waals surface area contributed by atoms with Gasteiger partial charge in [-0.05, 0) is 30.2 Å². The number of nitrogens with one attached hydrogen (secondary N) is 1. The van der Waals surface area contributed by atoms with Gasteiger partial charge in [-0.3, -0.25) is 4.72 Å². The number of hydrogen-bond donors (Lipinski definition) is 1. The van der Waals surface area contributed by atoms with E-state index in [1.54, 1.807) is 19.1 Å². The van der Waals surface area contributed by atoms with E-state index in [1.807, 2.05) is 0 Å². The third-order valence-electron chi connectivity index (χ3n) is 1.66. The van der Waals surface area contributed by atoms with Crippen LogP contribution >= 0.6 is 0 Å². The van der Waals surface area contributed by atoms with Gasteiger partial charge in [-0.25, -0.2) is 8.42 Å². The molecule has 0 bridgehead atoms. The molecule has 15 heavy (non-hydrogen) atoms. The molecule has 0 saturated heterocycles. The molecule has 7 heteroatoms. The number of rotatable bonds is 3. The van der Waals surface area contributed by atoms with Crippen LogP contribution in [0.15, 0.2) is 23.3 Å². The van der Waals surface area contributed by atoms with Gasteiger partial charge in [-0.15, -0.1) is 0 Å². The Kier molecular flexibility index (Phi) is 3.18. The van der Waals surface area contributed by atoms with Gasteiger partial charge >= 0.3 is 0 Å². The molecule has 0 aliphatic heterocycles. The lowest BCUT2D eigenvalue weighted by molar-refractivity contribution is 0.607. The van der Waals surface area contributed by atoms with Gasteiger partial charge in [0.1, 0.15) is 0 Å². The van der Waals surface area contributed by atoms with Gasteiger partial charge in [0.2, 0.25) is 10.0 Å². The lowest BCUT2D eigenvalue weighted by atomic mass is 10.2. The van der Waals surface area contributed by atoms with Crippen molar-refractivity contribution in [1.29, 1.82) is 0 Å². The molecule has 0 spiro atoms. The number of benzene rings is 1. The first-order chi connectivity index (χ1) is 6.92. The summed E-state index contributed by atoms with van der Waals surface area (Å²) in [6.45, 7) is 1.77. The Morgan fingerprint density at radius 3 is 2.67 bits per heavy atom. The second-order valence-electron chi connectivity index (χ2n) is 3.06. The Morgan fingerprint density at radius 2 is 2.13 bits per heavy atom. The van der Waals surface area contributed by atoms with Crippen LogP contribution in [0.1, 0.15) is 5.56 Å². The molecule has 0 radical (unpaired) electrons. The van der Waals surface area contributed by atoms with E-state index >= 15 is 0 Å². The monoisotopic (exact) mass is 226 g/mol. The standard InChI is InChI=1S/C8H10N4O2S/c1-6-3-4-7(11-15(2,13)14)5-8(6)10-12-9/h3-5,11H,1-2H3. The number of nitrogens with zero attached hydrogens (tertiary/aromatic N) is 3. The van der Waals surface area contributed by atoms with Crippen LogP contribution in [0, 0.1) is 6.92 Å². The molecule has 6 nitrogen and oxygen atoms in total. The highest BCUT2D eigenvalue weighted by Gasteiger charge is 2.03. The molecule has 0 atom stereocenters. The molecule has 0 unspecified atom stereocenters. The SMILES string of the molecule is Cc1ccc(NS(C)(=O)=O)cc1N=[N+]=[N-]. The third kappa shape index (κ3) is 3.49. The molecule has 0 amide bonds. The molecule has 80 valence electrons. The van der Waals surface area contributed by atoms with E-state index in [4.69, 9.17) is 5.53 Å². The summed E-state index contributed by atoms with van der Waals surface area (Å²) in [5, 5.41) is 3.44. The summed E-state index contributed by atoms with van der Waals surface area (Å²) < 4.78 is 24.2. The first-order valence-electron chi connectivity index (χ1n) is 4.06. The summed E-state index contributed by atoms with van der Waals surface area (Å²) in [6, 6.07) is 4.76. The van der Waals surface area contributed by atoms with Crippen molar-refractivity contribution in [1.82, 2.24) is 0 Å². The Balaban J connectivity index is 3.13. The normalized spacial score (nSPS) is 10.5. The van der Waals surface area contributed by atoms with E-state index in [2.05, 4.69) is 14.7 Å². The predicted octanol–water partition coefficient (Wildman–Crippen LogP) is 2.31. The topological polar surface area (TPSA) is 94.9 Å². The maximum absolute atomic E-state index is 10.9. The van der Waals surface area contributed by atoms with E-state index < -0.39 is 10.0 Å². The lowest BCUT2D eigenvalue weighted by Gasteiger charge is -2.05. The van der Waals surface area contributed by atoms with E-state index in [-0.39, 0.29) is 0 Å². The average molecular weight is 226 g/mol. The zero-order chi connectivity index (χ0) is 11.5. The zero-order valence-electron chi connectivity index (χ0n) is 8.30. The van der Waals surface area contributed by atoms with Crippen molar-refractivity contribution >= 4 is 21.4 Å². The van der Waals surface area contributed by atoms with E-state index in [9.17, 15) is 8.42 Å². The van der Waals surface area contributed by atoms with Crippen molar-refractivity contribution in [2.45, 2.75) is 6.92 Å². The fourth-order valence-electron chi connectivity index (χ4n) is 1.04. The van der Waals surface area contributed by atoms with Crippen molar-refractivity contribution in [2.75, 3.05) is 11.0 Å². The quantitative estimate of drug-likeness (QED) is 0.486. The van der Waals surface area contributed by atoms with Gasteiger partial charge in [-0.2, -0.15) is 0 Å². The van der Waals surface area contributed by atoms with Crippen LogP contribution < -0.4 is 4.72 Å². The zero-order valence-corrected chi connectivity index (χ0v) is 9.11. The summed E-state index contributed by atoms with van der Waals surface area (Å²) in [5.74, 6) is 0. The van der Waals surface area contributed by atoms with Crippen LogP contribution in [0.3, 0.4) is 0 Å². The summed E-state index contributed by atoms with van der Waals surface area (Å²) in [4.78, 5) is 2.65. The van der Waals surface area contributed by atoms with E-state index in [0.717, 1.165) is 11.8 Å². The number of anilines is 1. The van der Waals surface area contributed by atoms with Crippen LogP contribution in [-0.2, 0) is 10.0 Å². The maximum atomic E-state index is 10.9. The minimum Gasteiger partial charge on any atom is -0.284 e. The van der Waals surface area contributed by atoms with Crippen molar-refractivity contribution in [2.24, 2.45) is 5.11 Å². The fourth-order valence-corrected chi connectivity index (χ4v) is 1.60. The molecule has 0 aliphatic rings. The van der Waals surface area contributed by atoms with Crippen molar-refractivity contribution in [3.05, 3.63) is 34.2 Å². The third-order valence-corrected chi connectivity index (χ3v) is 2.27. The summed E-state index contributed by atoms with van der Waals surface area (Å²) in [7, 11) is -3.31. The van der Waals surface area contributed by atoms with Gasteiger partial charge in [0.05, 0.1) is 6.26 Å². The Bertz CT molecular complexity index is 517. The molecule has 0 heterocycles. The van der Waals surface area contributed by atoms with Crippen LogP contribution in [0.25, 0.3) is 10.4 Å². The Morgan fingerprint density at radius 1 is 1.47 bits per heavy atom. The highest BCUT2D eigenvalue weighted by atomic mass is 32.2. The summed E-state index contributed by atoms with van der Waals surface area (Å²) in [5.41, 5.74) is 9.86.